The van der Waals surface area contributed by atoms with Gasteiger partial charge in [0.2, 0.25) is 5.69 Å². The average molecular weight is 460 g/mol. The Balaban J connectivity index is 1.35. The van der Waals surface area contributed by atoms with E-state index >= 15 is 0 Å². The van der Waals surface area contributed by atoms with Gasteiger partial charge in [-0.1, -0.05) is 36.4 Å². The molecular formula is C25H20N2O7. The van der Waals surface area contributed by atoms with Gasteiger partial charge in [-0.05, 0) is 52.9 Å². The third-order valence-corrected chi connectivity index (χ3v) is 4.78. The molecule has 0 atom stereocenters. The molecule has 3 aromatic carbocycles. The molecule has 0 aliphatic rings. The predicted molar refractivity (Wildman–Crippen MR) is 121 cm³/mol. The zero-order valence-electron chi connectivity index (χ0n) is 18.1. The molecular weight excluding hydrogens is 440 g/mol. The van der Waals surface area contributed by atoms with Crippen LogP contribution >= 0.6 is 0 Å². The van der Waals surface area contributed by atoms with E-state index in [0.29, 0.717) is 33.4 Å². The quantitative estimate of drug-likeness (QED) is 0.182. The number of carbonyl (C=O) groups excluding carboxylic acids is 1. The Bertz CT molecular complexity index is 1300. The molecule has 1 heterocycles. The Labute approximate surface area is 194 Å². The zero-order valence-corrected chi connectivity index (χ0v) is 18.1. The van der Waals surface area contributed by atoms with Crippen molar-refractivity contribution in [2.24, 2.45) is 0 Å². The molecule has 0 aliphatic carbocycles. The molecule has 1 N–H and O–H groups in total. The van der Waals surface area contributed by atoms with Crippen LogP contribution in [-0.2, 0) is 11.4 Å². The molecule has 9 heteroatoms. The first kappa shape index (κ1) is 22.4. The van der Waals surface area contributed by atoms with E-state index in [4.69, 9.17) is 18.8 Å². The number of hydrogen-bond acceptors (Lipinski definition) is 8. The van der Waals surface area contributed by atoms with Crippen LogP contribution in [0.5, 0.6) is 23.0 Å². The van der Waals surface area contributed by atoms with Crippen LogP contribution in [0.15, 0.2) is 83.5 Å². The van der Waals surface area contributed by atoms with Gasteiger partial charge in [-0.15, -0.1) is 0 Å². The molecule has 0 bridgehead atoms. The lowest BCUT2D eigenvalue weighted by Crippen LogP contribution is -2.29. The van der Waals surface area contributed by atoms with Crippen molar-refractivity contribution in [3.8, 4) is 34.3 Å². The van der Waals surface area contributed by atoms with Crippen LogP contribution < -0.4 is 19.1 Å². The maximum Gasteiger partial charge on any atom is 0.336 e. The molecule has 4 aromatic rings. The van der Waals surface area contributed by atoms with E-state index in [1.165, 1.54) is 19.3 Å². The highest BCUT2D eigenvalue weighted by Gasteiger charge is 2.21. The van der Waals surface area contributed by atoms with Gasteiger partial charge in [-0.2, -0.15) is 0 Å². The highest BCUT2D eigenvalue weighted by molar-refractivity contribution is 5.88. The number of methoxy groups -OCH3 is 1. The maximum atomic E-state index is 12.1. The molecule has 0 fully saturated rings. The Hall–Kier alpha value is -4.79. The Kier molecular flexibility index (Phi) is 6.73. The summed E-state index contributed by atoms with van der Waals surface area (Å²) in [6, 6.07) is 20.2. The number of rotatable bonds is 8. The van der Waals surface area contributed by atoms with Crippen LogP contribution in [0.4, 0.5) is 0 Å². The summed E-state index contributed by atoms with van der Waals surface area (Å²) in [6.45, 7) is -0.0603. The molecule has 1 aromatic heterocycles. The van der Waals surface area contributed by atoms with Gasteiger partial charge in [-0.3, -0.25) is 4.63 Å². The number of esters is 1. The molecule has 34 heavy (non-hydrogen) atoms. The average Bonchev–Trinajstić information content (AvgIpc) is 3.23. The SMILES string of the molecule is COc1cc(/C=C/C(=O)Oc2ccc(OCc3c(-c4ccccc4)no[n+]3[O-])cc2)ccc1O. The molecule has 0 aliphatic heterocycles. The smallest absolute Gasteiger partial charge is 0.336 e. The third kappa shape index (κ3) is 5.33. The first-order chi connectivity index (χ1) is 16.5. The molecule has 0 amide bonds. The summed E-state index contributed by atoms with van der Waals surface area (Å²) < 4.78 is 20.7. The van der Waals surface area contributed by atoms with E-state index < -0.39 is 5.97 Å². The van der Waals surface area contributed by atoms with E-state index in [2.05, 4.69) is 5.16 Å². The van der Waals surface area contributed by atoms with Gasteiger partial charge < -0.3 is 24.5 Å². The lowest BCUT2D eigenvalue weighted by atomic mass is 10.1. The lowest BCUT2D eigenvalue weighted by molar-refractivity contribution is -0.808. The van der Waals surface area contributed by atoms with E-state index in [1.807, 2.05) is 30.3 Å². The number of ether oxygens (including phenoxy) is 3. The van der Waals surface area contributed by atoms with Crippen molar-refractivity contribution in [1.82, 2.24) is 5.16 Å². The normalized spacial score (nSPS) is 10.9. The van der Waals surface area contributed by atoms with Gasteiger partial charge in [0.25, 0.3) is 5.69 Å². The summed E-state index contributed by atoms with van der Waals surface area (Å²) in [5.74, 6) is 0.515. The van der Waals surface area contributed by atoms with Crippen LogP contribution in [0, 0.1) is 5.21 Å². The van der Waals surface area contributed by atoms with Crippen LogP contribution in [0.25, 0.3) is 17.3 Å². The molecule has 172 valence electrons. The second-order valence-corrected chi connectivity index (χ2v) is 7.04. The van der Waals surface area contributed by atoms with Gasteiger partial charge >= 0.3 is 5.97 Å². The van der Waals surface area contributed by atoms with Crippen molar-refractivity contribution < 1.29 is 33.6 Å². The number of aromatic nitrogens is 2. The predicted octanol–water partition coefficient (Wildman–Crippen LogP) is 3.89. The number of phenols is 1. The first-order valence-corrected chi connectivity index (χ1v) is 10.2. The summed E-state index contributed by atoms with van der Waals surface area (Å²) in [5.41, 5.74) is 2.03. The second-order valence-electron chi connectivity index (χ2n) is 7.04. The van der Waals surface area contributed by atoms with Gasteiger partial charge in [-0.25, -0.2) is 4.79 Å². The summed E-state index contributed by atoms with van der Waals surface area (Å²) in [4.78, 5) is 12.4. The van der Waals surface area contributed by atoms with Gasteiger partial charge in [0, 0.05) is 16.8 Å². The van der Waals surface area contributed by atoms with Crippen molar-refractivity contribution in [3.63, 3.8) is 0 Å². The number of aromatic hydroxyl groups is 1. The van der Waals surface area contributed by atoms with Gasteiger partial charge in [0.05, 0.1) is 7.11 Å². The minimum absolute atomic E-state index is 0.00919. The highest BCUT2D eigenvalue weighted by Crippen LogP contribution is 2.27. The maximum absolute atomic E-state index is 12.1. The Morgan fingerprint density at radius 3 is 2.56 bits per heavy atom. The molecule has 0 saturated carbocycles. The molecule has 9 nitrogen and oxygen atoms in total. The minimum atomic E-state index is -0.579. The van der Waals surface area contributed by atoms with Crippen molar-refractivity contribution in [2.75, 3.05) is 7.11 Å². The number of hydrogen-bond donors (Lipinski definition) is 1. The fraction of sp³-hybridized carbons (Fsp3) is 0.0800. The standard InChI is InChI=1S/C25H20N2O7/c1-31-23-15-17(7-13-22(23)28)8-14-24(29)33-20-11-9-19(10-12-20)32-16-21-25(26-34-27(21)30)18-5-3-2-4-6-18/h2-15,28H,16H2,1H3/b14-8+. The van der Waals surface area contributed by atoms with Crippen LogP contribution in [0.2, 0.25) is 0 Å². The summed E-state index contributed by atoms with van der Waals surface area (Å²) in [7, 11) is 1.44. The summed E-state index contributed by atoms with van der Waals surface area (Å²) in [6.07, 6.45) is 2.81. The van der Waals surface area contributed by atoms with Crippen LogP contribution in [0.3, 0.4) is 0 Å². The van der Waals surface area contributed by atoms with Crippen LogP contribution in [-0.4, -0.2) is 23.3 Å². The molecule has 0 radical (unpaired) electrons. The Morgan fingerprint density at radius 2 is 1.82 bits per heavy atom. The highest BCUT2D eigenvalue weighted by atomic mass is 16.8. The number of benzene rings is 3. The monoisotopic (exact) mass is 460 g/mol. The second kappa shape index (κ2) is 10.2. The molecule has 0 spiro atoms. The number of phenolic OH excluding ortho intramolecular Hbond substituents is 1. The largest absolute Gasteiger partial charge is 0.504 e. The fourth-order valence-corrected chi connectivity index (χ4v) is 3.07. The fourth-order valence-electron chi connectivity index (χ4n) is 3.07. The number of nitrogens with zero attached hydrogens (tertiary/aromatic N) is 2. The summed E-state index contributed by atoms with van der Waals surface area (Å²) in [5, 5.41) is 25.4. The van der Waals surface area contributed by atoms with Crippen molar-refractivity contribution in [2.45, 2.75) is 6.61 Å². The number of carbonyl (C=O) groups is 1. The van der Waals surface area contributed by atoms with Crippen molar-refractivity contribution in [1.29, 1.82) is 0 Å². The van der Waals surface area contributed by atoms with E-state index in [9.17, 15) is 15.1 Å². The van der Waals surface area contributed by atoms with E-state index in [1.54, 1.807) is 42.5 Å². The van der Waals surface area contributed by atoms with Crippen molar-refractivity contribution >= 4 is 12.0 Å². The van der Waals surface area contributed by atoms with Crippen molar-refractivity contribution in [3.05, 3.63) is 95.3 Å². The van der Waals surface area contributed by atoms with Gasteiger partial charge in [0.15, 0.2) is 18.1 Å². The van der Waals surface area contributed by atoms with E-state index in [-0.39, 0.29) is 18.1 Å². The Morgan fingerprint density at radius 1 is 1.09 bits per heavy atom. The van der Waals surface area contributed by atoms with Crippen LogP contribution in [0.1, 0.15) is 11.3 Å². The van der Waals surface area contributed by atoms with Gasteiger partial charge in [0.1, 0.15) is 11.5 Å². The lowest BCUT2D eigenvalue weighted by Gasteiger charge is -2.06. The zero-order chi connectivity index (χ0) is 23.9. The third-order valence-electron chi connectivity index (χ3n) is 4.78. The van der Waals surface area contributed by atoms with E-state index in [0.717, 1.165) is 5.56 Å². The minimum Gasteiger partial charge on any atom is -0.504 e. The molecule has 4 rings (SSSR count). The molecule has 0 unspecified atom stereocenters. The summed E-state index contributed by atoms with van der Waals surface area (Å²) >= 11 is 0. The molecule has 0 saturated heterocycles. The topological polar surface area (TPSA) is 118 Å². The first-order valence-electron chi connectivity index (χ1n) is 10.2.